The van der Waals surface area contributed by atoms with Gasteiger partial charge in [-0.1, -0.05) is 0 Å². The zero-order chi connectivity index (χ0) is 14.9. The maximum atomic E-state index is 12.2. The van der Waals surface area contributed by atoms with Crippen LogP contribution in [0.5, 0.6) is 0 Å². The summed E-state index contributed by atoms with van der Waals surface area (Å²) in [4.78, 5) is 16.7. The summed E-state index contributed by atoms with van der Waals surface area (Å²) < 4.78 is 5.30. The van der Waals surface area contributed by atoms with Crippen molar-refractivity contribution in [2.75, 3.05) is 52.5 Å². The van der Waals surface area contributed by atoms with E-state index in [1.807, 2.05) is 4.90 Å². The maximum Gasteiger partial charge on any atom is 0.222 e. The number of amides is 1. The lowest BCUT2D eigenvalue weighted by atomic mass is 9.85. The number of hydrogen-bond donors (Lipinski definition) is 1. The molecule has 0 aromatic rings. The largest absolute Gasteiger partial charge is 0.378 e. The molecule has 0 radical (unpaired) electrons. The Hall–Kier alpha value is -0.650. The average Bonchev–Trinajstić information content (AvgIpc) is 3.03. The number of ether oxygens (including phenoxy) is 1. The zero-order valence-electron chi connectivity index (χ0n) is 13.4. The number of likely N-dealkylation sites (tertiary alicyclic amines) is 1. The van der Waals surface area contributed by atoms with Crippen molar-refractivity contribution in [2.45, 2.75) is 32.2 Å². The lowest BCUT2D eigenvalue weighted by Gasteiger charge is -2.36. The van der Waals surface area contributed by atoms with E-state index in [0.717, 1.165) is 51.0 Å². The van der Waals surface area contributed by atoms with E-state index in [0.29, 0.717) is 25.5 Å². The molecule has 0 saturated carbocycles. The molecule has 1 N–H and O–H groups in total. The number of morpholine rings is 1. The molecule has 0 bridgehead atoms. The van der Waals surface area contributed by atoms with Gasteiger partial charge in [0, 0.05) is 38.1 Å². The van der Waals surface area contributed by atoms with Crippen LogP contribution in [0.3, 0.4) is 0 Å². The molecule has 0 aliphatic carbocycles. The molecule has 3 aliphatic rings. The first-order valence-corrected chi connectivity index (χ1v) is 8.40. The van der Waals surface area contributed by atoms with E-state index >= 15 is 0 Å². The zero-order valence-corrected chi connectivity index (χ0v) is 13.4. The molecule has 3 fully saturated rings. The smallest absolute Gasteiger partial charge is 0.222 e. The van der Waals surface area contributed by atoms with Crippen LogP contribution in [0.15, 0.2) is 0 Å². The number of nitrogens with one attached hydrogen (secondary N) is 1. The van der Waals surface area contributed by atoms with E-state index in [9.17, 15) is 4.79 Å². The van der Waals surface area contributed by atoms with Crippen molar-refractivity contribution in [1.29, 1.82) is 0 Å². The lowest BCUT2D eigenvalue weighted by molar-refractivity contribution is -0.135. The highest BCUT2D eigenvalue weighted by Gasteiger charge is 2.48. The van der Waals surface area contributed by atoms with Crippen LogP contribution < -0.4 is 5.32 Å². The summed E-state index contributed by atoms with van der Waals surface area (Å²) in [6, 6.07) is 0. The second kappa shape index (κ2) is 6.23. The Morgan fingerprint density at radius 2 is 2.05 bits per heavy atom. The number of fused-ring (bicyclic) bond motifs is 1. The molecule has 0 spiro atoms. The summed E-state index contributed by atoms with van der Waals surface area (Å²) in [5.41, 5.74) is 0.274. The minimum absolute atomic E-state index is 0.274. The van der Waals surface area contributed by atoms with Gasteiger partial charge in [0.2, 0.25) is 5.91 Å². The lowest BCUT2D eigenvalue weighted by Crippen LogP contribution is -2.45. The van der Waals surface area contributed by atoms with Crippen LogP contribution in [0.4, 0.5) is 0 Å². The predicted molar refractivity (Wildman–Crippen MR) is 82.1 cm³/mol. The molecule has 0 aromatic carbocycles. The van der Waals surface area contributed by atoms with E-state index in [1.54, 1.807) is 0 Å². The highest BCUT2D eigenvalue weighted by Crippen LogP contribution is 2.40. The maximum absolute atomic E-state index is 12.2. The van der Waals surface area contributed by atoms with Crippen LogP contribution in [0.25, 0.3) is 0 Å². The Labute approximate surface area is 128 Å². The second-order valence-electron chi connectivity index (χ2n) is 7.22. The van der Waals surface area contributed by atoms with E-state index in [-0.39, 0.29) is 5.54 Å². The van der Waals surface area contributed by atoms with Gasteiger partial charge in [-0.15, -0.1) is 0 Å². The molecule has 3 rings (SSSR count). The fraction of sp³-hybridized carbons (Fsp3) is 0.938. The van der Waals surface area contributed by atoms with Crippen molar-refractivity contribution in [3.05, 3.63) is 0 Å². The molecule has 1 amide bonds. The molecule has 2 atom stereocenters. The monoisotopic (exact) mass is 295 g/mol. The van der Waals surface area contributed by atoms with Crippen molar-refractivity contribution in [3.63, 3.8) is 0 Å². The average molecular weight is 295 g/mol. The molecule has 0 aromatic heterocycles. The summed E-state index contributed by atoms with van der Waals surface area (Å²) in [6.45, 7) is 12.2. The van der Waals surface area contributed by atoms with E-state index in [1.165, 1.54) is 6.54 Å². The molecule has 120 valence electrons. The Balaban J connectivity index is 1.44. The van der Waals surface area contributed by atoms with Crippen LogP contribution in [0.2, 0.25) is 0 Å². The number of hydrogen-bond acceptors (Lipinski definition) is 4. The van der Waals surface area contributed by atoms with Crippen LogP contribution >= 0.6 is 0 Å². The first kappa shape index (κ1) is 15.3. The first-order valence-electron chi connectivity index (χ1n) is 8.40. The number of nitrogens with zero attached hydrogens (tertiary/aromatic N) is 2. The van der Waals surface area contributed by atoms with Gasteiger partial charge in [0.1, 0.15) is 0 Å². The molecule has 5 nitrogen and oxygen atoms in total. The van der Waals surface area contributed by atoms with Crippen LogP contribution in [0, 0.1) is 11.8 Å². The number of rotatable bonds is 4. The molecular formula is C16H29N3O2. The summed E-state index contributed by atoms with van der Waals surface area (Å²) in [5.74, 6) is 1.87. The van der Waals surface area contributed by atoms with Gasteiger partial charge in [-0.25, -0.2) is 0 Å². The SMILES string of the molecule is CC1(C)C2CNCC2CN1CCCC(=O)N1CCOCC1. The Kier molecular flexibility index (Phi) is 4.52. The highest BCUT2D eigenvalue weighted by molar-refractivity contribution is 5.76. The van der Waals surface area contributed by atoms with Crippen molar-refractivity contribution >= 4 is 5.91 Å². The summed E-state index contributed by atoms with van der Waals surface area (Å²) >= 11 is 0. The fourth-order valence-corrected chi connectivity index (χ4v) is 4.28. The fourth-order valence-electron chi connectivity index (χ4n) is 4.28. The normalized spacial score (nSPS) is 32.4. The quantitative estimate of drug-likeness (QED) is 0.823. The van der Waals surface area contributed by atoms with Gasteiger partial charge in [0.25, 0.3) is 0 Å². The third-order valence-corrected chi connectivity index (χ3v) is 5.70. The predicted octanol–water partition coefficient (Wildman–Crippen LogP) is 0.555. The summed E-state index contributed by atoms with van der Waals surface area (Å²) in [6.07, 6.45) is 1.66. The van der Waals surface area contributed by atoms with Gasteiger partial charge in [-0.05, 0) is 45.2 Å². The molecular weight excluding hydrogens is 266 g/mol. The van der Waals surface area contributed by atoms with Gasteiger partial charge in [0.15, 0.2) is 0 Å². The molecule has 21 heavy (non-hydrogen) atoms. The van der Waals surface area contributed by atoms with Gasteiger partial charge in [-0.3, -0.25) is 9.69 Å². The van der Waals surface area contributed by atoms with E-state index in [2.05, 4.69) is 24.1 Å². The molecule has 3 saturated heterocycles. The Morgan fingerprint density at radius 3 is 2.76 bits per heavy atom. The van der Waals surface area contributed by atoms with Crippen LogP contribution in [-0.4, -0.2) is 73.7 Å². The summed E-state index contributed by atoms with van der Waals surface area (Å²) in [5, 5.41) is 3.52. The third kappa shape index (κ3) is 3.10. The van der Waals surface area contributed by atoms with Gasteiger partial charge in [-0.2, -0.15) is 0 Å². The number of carbonyl (C=O) groups excluding carboxylic acids is 1. The van der Waals surface area contributed by atoms with Crippen molar-refractivity contribution in [1.82, 2.24) is 15.1 Å². The molecule has 3 heterocycles. The second-order valence-corrected chi connectivity index (χ2v) is 7.22. The van der Waals surface area contributed by atoms with Gasteiger partial charge < -0.3 is 15.0 Å². The number of carbonyl (C=O) groups is 1. The summed E-state index contributed by atoms with van der Waals surface area (Å²) in [7, 11) is 0. The molecule has 3 aliphatic heterocycles. The van der Waals surface area contributed by atoms with Crippen molar-refractivity contribution in [3.8, 4) is 0 Å². The Bertz CT molecular complexity index is 380. The van der Waals surface area contributed by atoms with Crippen LogP contribution in [-0.2, 0) is 9.53 Å². The van der Waals surface area contributed by atoms with Crippen molar-refractivity contribution in [2.24, 2.45) is 11.8 Å². The van der Waals surface area contributed by atoms with Gasteiger partial charge in [0.05, 0.1) is 13.2 Å². The minimum Gasteiger partial charge on any atom is -0.378 e. The minimum atomic E-state index is 0.274. The topological polar surface area (TPSA) is 44.8 Å². The van der Waals surface area contributed by atoms with E-state index < -0.39 is 0 Å². The Morgan fingerprint density at radius 1 is 1.29 bits per heavy atom. The standard InChI is InChI=1S/C16H29N3O2/c1-16(2)14-11-17-10-13(14)12-19(16)5-3-4-15(20)18-6-8-21-9-7-18/h13-14,17H,3-12H2,1-2H3. The van der Waals surface area contributed by atoms with E-state index in [4.69, 9.17) is 4.74 Å². The first-order chi connectivity index (χ1) is 10.1. The third-order valence-electron chi connectivity index (χ3n) is 5.70. The molecule has 2 unspecified atom stereocenters. The van der Waals surface area contributed by atoms with Crippen LogP contribution in [0.1, 0.15) is 26.7 Å². The molecule has 5 heteroatoms. The highest BCUT2D eigenvalue weighted by atomic mass is 16.5. The van der Waals surface area contributed by atoms with Crippen molar-refractivity contribution < 1.29 is 9.53 Å². The van der Waals surface area contributed by atoms with Gasteiger partial charge >= 0.3 is 0 Å².